The van der Waals surface area contributed by atoms with Crippen LogP contribution in [0, 0.1) is 0 Å². The minimum Gasteiger partial charge on any atom is -0.392 e. The van der Waals surface area contributed by atoms with Crippen molar-refractivity contribution in [3.05, 3.63) is 11.8 Å². The molecular formula is C7H13F3N2. The number of alkyl halides is 3. The van der Waals surface area contributed by atoms with Crippen molar-refractivity contribution in [3.63, 3.8) is 0 Å². The van der Waals surface area contributed by atoms with Crippen LogP contribution in [0.4, 0.5) is 13.2 Å². The van der Waals surface area contributed by atoms with Gasteiger partial charge in [-0.1, -0.05) is 0 Å². The third kappa shape index (κ3) is 3.61. The Morgan fingerprint density at radius 1 is 1.33 bits per heavy atom. The van der Waals surface area contributed by atoms with E-state index >= 15 is 0 Å². The van der Waals surface area contributed by atoms with Crippen LogP contribution in [-0.2, 0) is 0 Å². The number of allylic oxidation sites excluding steroid dienone is 1. The summed E-state index contributed by atoms with van der Waals surface area (Å²) in [5, 5.41) is 4.79. The SMILES string of the molecule is CN/C(C)=C\C(NC)C(F)(F)F. The van der Waals surface area contributed by atoms with Gasteiger partial charge >= 0.3 is 6.18 Å². The van der Waals surface area contributed by atoms with E-state index in [0.717, 1.165) is 6.08 Å². The van der Waals surface area contributed by atoms with Crippen molar-refractivity contribution < 1.29 is 13.2 Å². The third-order valence-electron chi connectivity index (χ3n) is 1.47. The molecule has 2 N–H and O–H groups in total. The van der Waals surface area contributed by atoms with E-state index in [0.29, 0.717) is 5.70 Å². The smallest absolute Gasteiger partial charge is 0.392 e. The lowest BCUT2D eigenvalue weighted by Gasteiger charge is -2.16. The summed E-state index contributed by atoms with van der Waals surface area (Å²) in [5.41, 5.74) is 0.492. The molecule has 0 aliphatic carbocycles. The van der Waals surface area contributed by atoms with Crippen molar-refractivity contribution in [3.8, 4) is 0 Å². The lowest BCUT2D eigenvalue weighted by Crippen LogP contribution is -2.39. The fourth-order valence-electron chi connectivity index (χ4n) is 0.675. The highest BCUT2D eigenvalue weighted by Gasteiger charge is 2.36. The lowest BCUT2D eigenvalue weighted by atomic mass is 10.2. The Labute approximate surface area is 69.8 Å². The van der Waals surface area contributed by atoms with Crippen molar-refractivity contribution in [2.75, 3.05) is 14.1 Å². The van der Waals surface area contributed by atoms with Gasteiger partial charge in [-0.2, -0.15) is 13.2 Å². The van der Waals surface area contributed by atoms with Crippen LogP contribution in [0.15, 0.2) is 11.8 Å². The molecule has 0 radical (unpaired) electrons. The zero-order valence-electron chi connectivity index (χ0n) is 7.29. The second-order valence-electron chi connectivity index (χ2n) is 2.41. The van der Waals surface area contributed by atoms with Crippen molar-refractivity contribution in [1.82, 2.24) is 10.6 Å². The van der Waals surface area contributed by atoms with E-state index < -0.39 is 12.2 Å². The van der Waals surface area contributed by atoms with Crippen LogP contribution >= 0.6 is 0 Å². The van der Waals surface area contributed by atoms with E-state index in [2.05, 4.69) is 10.6 Å². The van der Waals surface area contributed by atoms with Crippen molar-refractivity contribution in [1.29, 1.82) is 0 Å². The molecule has 0 aliphatic heterocycles. The molecule has 1 unspecified atom stereocenters. The van der Waals surface area contributed by atoms with E-state index in [-0.39, 0.29) is 0 Å². The highest BCUT2D eigenvalue weighted by atomic mass is 19.4. The topological polar surface area (TPSA) is 24.1 Å². The molecule has 5 heteroatoms. The maximum absolute atomic E-state index is 12.1. The molecule has 2 nitrogen and oxygen atoms in total. The van der Waals surface area contributed by atoms with Gasteiger partial charge in [0.25, 0.3) is 0 Å². The molecule has 12 heavy (non-hydrogen) atoms. The number of nitrogens with one attached hydrogen (secondary N) is 2. The number of hydrogen-bond acceptors (Lipinski definition) is 2. The summed E-state index contributed by atoms with van der Waals surface area (Å²) in [6.45, 7) is 1.58. The molecule has 0 saturated carbocycles. The second kappa shape index (κ2) is 4.35. The number of hydrogen-bond donors (Lipinski definition) is 2. The molecule has 72 valence electrons. The summed E-state index contributed by atoms with van der Waals surface area (Å²) in [5.74, 6) is 0. The summed E-state index contributed by atoms with van der Waals surface area (Å²) in [6, 6.07) is -1.58. The molecule has 0 aromatic heterocycles. The van der Waals surface area contributed by atoms with Crippen molar-refractivity contribution >= 4 is 0 Å². The largest absolute Gasteiger partial charge is 0.407 e. The molecule has 0 saturated heterocycles. The summed E-state index contributed by atoms with van der Waals surface area (Å²) < 4.78 is 36.2. The fraction of sp³-hybridized carbons (Fsp3) is 0.714. The number of likely N-dealkylation sites (N-methyl/N-ethyl adjacent to an activating group) is 1. The van der Waals surface area contributed by atoms with Crippen LogP contribution in [0.2, 0.25) is 0 Å². The van der Waals surface area contributed by atoms with Crippen LogP contribution < -0.4 is 10.6 Å². The second-order valence-corrected chi connectivity index (χ2v) is 2.41. The maximum atomic E-state index is 12.1. The Hall–Kier alpha value is -0.710. The Morgan fingerprint density at radius 3 is 2.08 bits per heavy atom. The van der Waals surface area contributed by atoms with Crippen LogP contribution in [0.3, 0.4) is 0 Å². The molecule has 0 aromatic carbocycles. The van der Waals surface area contributed by atoms with E-state index in [1.807, 2.05) is 0 Å². The Morgan fingerprint density at radius 2 is 1.83 bits per heavy atom. The number of halogens is 3. The Balaban J connectivity index is 4.37. The predicted molar refractivity (Wildman–Crippen MR) is 41.7 cm³/mol. The van der Waals surface area contributed by atoms with Gasteiger partial charge < -0.3 is 10.6 Å². The molecule has 0 heterocycles. The highest BCUT2D eigenvalue weighted by molar-refractivity contribution is 5.03. The molecule has 0 rings (SSSR count). The van der Waals surface area contributed by atoms with Gasteiger partial charge in [-0.15, -0.1) is 0 Å². The minimum atomic E-state index is -4.23. The Kier molecular flexibility index (Phi) is 4.09. The van der Waals surface area contributed by atoms with Crippen LogP contribution in [-0.4, -0.2) is 26.3 Å². The average molecular weight is 182 g/mol. The third-order valence-corrected chi connectivity index (χ3v) is 1.47. The summed E-state index contributed by atoms with van der Waals surface area (Å²) in [4.78, 5) is 0. The zero-order chi connectivity index (χ0) is 9.78. The van der Waals surface area contributed by atoms with Crippen LogP contribution in [0.25, 0.3) is 0 Å². The molecule has 0 fully saturated rings. The first kappa shape index (κ1) is 11.3. The molecule has 0 spiro atoms. The van der Waals surface area contributed by atoms with Crippen molar-refractivity contribution in [2.24, 2.45) is 0 Å². The molecular weight excluding hydrogens is 169 g/mol. The molecule has 0 aliphatic rings. The summed E-state index contributed by atoms with van der Waals surface area (Å²) >= 11 is 0. The standard InChI is InChI=1S/C7H13F3N2/c1-5(11-2)4-6(12-3)7(8,9)10/h4,6,11-12H,1-3H3/b5-4-. The van der Waals surface area contributed by atoms with Gasteiger partial charge in [-0.3, -0.25) is 0 Å². The van der Waals surface area contributed by atoms with Gasteiger partial charge in [0.15, 0.2) is 0 Å². The first-order chi connectivity index (χ1) is 5.41. The van der Waals surface area contributed by atoms with E-state index in [9.17, 15) is 13.2 Å². The molecule has 0 aromatic rings. The van der Waals surface area contributed by atoms with E-state index in [4.69, 9.17) is 0 Å². The van der Waals surface area contributed by atoms with Crippen LogP contribution in [0.1, 0.15) is 6.92 Å². The minimum absolute atomic E-state index is 0.492. The predicted octanol–water partition coefficient (Wildman–Crippen LogP) is 1.26. The monoisotopic (exact) mass is 182 g/mol. The molecule has 1 atom stereocenters. The highest BCUT2D eigenvalue weighted by Crippen LogP contribution is 2.21. The maximum Gasteiger partial charge on any atom is 0.407 e. The lowest BCUT2D eigenvalue weighted by molar-refractivity contribution is -0.143. The number of rotatable bonds is 3. The van der Waals surface area contributed by atoms with Gasteiger partial charge in [0.2, 0.25) is 0 Å². The fourth-order valence-corrected chi connectivity index (χ4v) is 0.675. The Bertz CT molecular complexity index is 163. The normalized spacial score (nSPS) is 16.0. The average Bonchev–Trinajstić information content (AvgIpc) is 1.97. The van der Waals surface area contributed by atoms with Gasteiger partial charge in [-0.25, -0.2) is 0 Å². The summed E-state index contributed by atoms with van der Waals surface area (Å²) in [7, 11) is 2.85. The molecule has 0 amide bonds. The quantitative estimate of drug-likeness (QED) is 0.686. The van der Waals surface area contributed by atoms with Crippen molar-refractivity contribution in [2.45, 2.75) is 19.1 Å². The van der Waals surface area contributed by atoms with E-state index in [1.165, 1.54) is 7.05 Å². The molecule has 0 bridgehead atoms. The zero-order valence-corrected chi connectivity index (χ0v) is 7.29. The van der Waals surface area contributed by atoms with Crippen LogP contribution in [0.5, 0.6) is 0 Å². The first-order valence-corrected chi connectivity index (χ1v) is 3.52. The first-order valence-electron chi connectivity index (χ1n) is 3.52. The van der Waals surface area contributed by atoms with E-state index in [1.54, 1.807) is 14.0 Å². The van der Waals surface area contributed by atoms with Gasteiger partial charge in [0.05, 0.1) is 0 Å². The van der Waals surface area contributed by atoms with Gasteiger partial charge in [0.1, 0.15) is 6.04 Å². The summed E-state index contributed by atoms with van der Waals surface area (Å²) in [6.07, 6.45) is -3.13. The van der Waals surface area contributed by atoms with Gasteiger partial charge in [0, 0.05) is 12.7 Å². The van der Waals surface area contributed by atoms with Gasteiger partial charge in [-0.05, 0) is 20.0 Å².